The van der Waals surface area contributed by atoms with Gasteiger partial charge in [0.25, 0.3) is 0 Å². The lowest BCUT2D eigenvalue weighted by Gasteiger charge is -2.47. The van der Waals surface area contributed by atoms with Gasteiger partial charge in [0.05, 0.1) is 11.6 Å². The topological polar surface area (TPSA) is 84.2 Å². The second-order valence-electron chi connectivity index (χ2n) is 11.4. The van der Waals surface area contributed by atoms with Crippen molar-refractivity contribution in [3.05, 3.63) is 94.8 Å². The van der Waals surface area contributed by atoms with Gasteiger partial charge < -0.3 is 25.1 Å². The lowest BCUT2D eigenvalue weighted by atomic mass is 9.67. The van der Waals surface area contributed by atoms with Gasteiger partial charge in [-0.3, -0.25) is 4.79 Å². The number of carbonyl (C=O) groups is 1. The molecule has 0 spiro atoms. The first-order chi connectivity index (χ1) is 18.4. The molecule has 207 valence electrons. The van der Waals surface area contributed by atoms with Crippen LogP contribution in [0.25, 0.3) is 0 Å². The Balaban J connectivity index is 1.89. The maximum Gasteiger partial charge on any atom is 0.167 e. The highest BCUT2D eigenvalue weighted by atomic mass is 19.1. The summed E-state index contributed by atoms with van der Waals surface area (Å²) in [7, 11) is 3.83. The van der Waals surface area contributed by atoms with Crippen LogP contribution >= 0.6 is 0 Å². The normalized spacial score (nSPS) is 21.2. The number of phenolic OH excluding ortho intramolecular Hbond substituents is 2. The SMILES string of the molecule is Cc1c(F)cccc1[C@H]1[C@@H](C(=O)c2cccc(O)c2)CN(C[C@@H](N(C)C)C(C)(C)O)C[C@@H]1c1cc[c]cc1O. The number of ketones is 1. The first-order valence-electron chi connectivity index (χ1n) is 13.3. The van der Waals surface area contributed by atoms with Crippen LogP contribution in [0, 0.1) is 24.7 Å². The largest absolute Gasteiger partial charge is 0.508 e. The quantitative estimate of drug-likeness (QED) is 0.363. The van der Waals surface area contributed by atoms with Crippen molar-refractivity contribution in [3.8, 4) is 11.5 Å². The number of halogens is 1. The van der Waals surface area contributed by atoms with Crippen molar-refractivity contribution < 1.29 is 24.5 Å². The first kappa shape index (κ1) is 28.7. The zero-order chi connectivity index (χ0) is 28.5. The second-order valence-corrected chi connectivity index (χ2v) is 11.4. The molecule has 3 aromatic carbocycles. The molecule has 3 aromatic rings. The molecule has 0 aromatic heterocycles. The molecular formula is C32H38FN2O4. The third-order valence-electron chi connectivity index (χ3n) is 8.06. The number of phenols is 2. The molecule has 1 aliphatic rings. The summed E-state index contributed by atoms with van der Waals surface area (Å²) in [5, 5.41) is 32.0. The molecule has 39 heavy (non-hydrogen) atoms. The van der Waals surface area contributed by atoms with Gasteiger partial charge in [-0.15, -0.1) is 0 Å². The first-order valence-corrected chi connectivity index (χ1v) is 13.3. The molecule has 0 bridgehead atoms. The highest BCUT2D eigenvalue weighted by molar-refractivity contribution is 5.99. The summed E-state index contributed by atoms with van der Waals surface area (Å²) in [6, 6.07) is 18.9. The van der Waals surface area contributed by atoms with E-state index >= 15 is 0 Å². The summed E-state index contributed by atoms with van der Waals surface area (Å²) in [5.41, 5.74) is 1.21. The van der Waals surface area contributed by atoms with E-state index < -0.39 is 17.4 Å². The zero-order valence-corrected chi connectivity index (χ0v) is 23.2. The molecular weight excluding hydrogens is 495 g/mol. The van der Waals surface area contributed by atoms with Gasteiger partial charge in [0.2, 0.25) is 0 Å². The molecule has 3 N–H and O–H groups in total. The van der Waals surface area contributed by atoms with E-state index in [4.69, 9.17) is 0 Å². The predicted octanol–water partition coefficient (Wildman–Crippen LogP) is 4.73. The van der Waals surface area contributed by atoms with Crippen LogP contribution in [0.15, 0.2) is 60.7 Å². The van der Waals surface area contributed by atoms with Gasteiger partial charge in [-0.05, 0) is 81.9 Å². The van der Waals surface area contributed by atoms with E-state index in [9.17, 15) is 24.5 Å². The molecule has 1 aliphatic heterocycles. The van der Waals surface area contributed by atoms with Gasteiger partial charge in [-0.2, -0.15) is 0 Å². The number of likely N-dealkylation sites (N-methyl/N-ethyl adjacent to an activating group) is 1. The minimum Gasteiger partial charge on any atom is -0.508 e. The van der Waals surface area contributed by atoms with Crippen molar-refractivity contribution in [2.45, 2.75) is 44.2 Å². The van der Waals surface area contributed by atoms with Crippen molar-refractivity contribution in [1.29, 1.82) is 0 Å². The number of nitrogens with zero attached hydrogens (tertiary/aromatic N) is 2. The van der Waals surface area contributed by atoms with E-state index in [1.165, 1.54) is 24.3 Å². The van der Waals surface area contributed by atoms with E-state index in [0.29, 0.717) is 36.3 Å². The van der Waals surface area contributed by atoms with Crippen LogP contribution in [0.2, 0.25) is 0 Å². The molecule has 4 rings (SSSR count). The van der Waals surface area contributed by atoms with E-state index in [2.05, 4.69) is 11.0 Å². The molecule has 0 amide bonds. The molecule has 6 nitrogen and oxygen atoms in total. The average Bonchev–Trinajstić information content (AvgIpc) is 2.87. The molecule has 1 fully saturated rings. The highest BCUT2D eigenvalue weighted by Crippen LogP contribution is 2.47. The smallest absolute Gasteiger partial charge is 0.167 e. The van der Waals surface area contributed by atoms with Gasteiger partial charge in [0, 0.05) is 43.0 Å². The van der Waals surface area contributed by atoms with Crippen LogP contribution in [0.3, 0.4) is 0 Å². The van der Waals surface area contributed by atoms with Crippen LogP contribution in [0.5, 0.6) is 11.5 Å². The molecule has 1 heterocycles. The summed E-state index contributed by atoms with van der Waals surface area (Å²) < 4.78 is 14.9. The maximum atomic E-state index is 14.9. The lowest BCUT2D eigenvalue weighted by molar-refractivity contribution is -0.0240. The van der Waals surface area contributed by atoms with Crippen molar-refractivity contribution in [2.24, 2.45) is 5.92 Å². The standard InChI is InChI=1S/C32H38FN2O4/c1-20-23(13-9-14-27(20)33)30-25(24-12-6-7-15-28(24)37)17-35(19-29(34(4)5)32(2,3)39)18-26(30)31(38)21-10-8-11-22(36)16-21/h6,8-16,25-26,29-30,36-37,39H,17-19H2,1-5H3/t25-,26+,29-,30-/m1/s1. The van der Waals surface area contributed by atoms with Crippen molar-refractivity contribution in [1.82, 2.24) is 9.80 Å². The number of hydrogen-bond acceptors (Lipinski definition) is 6. The van der Waals surface area contributed by atoms with Gasteiger partial charge in [0.1, 0.15) is 17.3 Å². The number of aliphatic hydroxyl groups is 1. The van der Waals surface area contributed by atoms with Crippen LogP contribution < -0.4 is 0 Å². The zero-order valence-electron chi connectivity index (χ0n) is 23.2. The summed E-state index contributed by atoms with van der Waals surface area (Å²) in [5.74, 6) is -1.87. The number of hydrogen-bond donors (Lipinski definition) is 3. The minimum atomic E-state index is -1.01. The Morgan fingerprint density at radius 3 is 2.49 bits per heavy atom. The van der Waals surface area contributed by atoms with Gasteiger partial charge in [-0.25, -0.2) is 4.39 Å². The van der Waals surface area contributed by atoms with Crippen LogP contribution in [-0.4, -0.2) is 76.3 Å². The molecule has 0 unspecified atom stereocenters. The second kappa shape index (κ2) is 11.5. The minimum absolute atomic E-state index is 0.00510. The number of piperidine rings is 1. The molecule has 0 saturated carbocycles. The third-order valence-corrected chi connectivity index (χ3v) is 8.06. The summed E-state index contributed by atoms with van der Waals surface area (Å²) in [6.07, 6.45) is 0. The van der Waals surface area contributed by atoms with E-state index in [-0.39, 0.29) is 35.1 Å². The molecule has 1 radical (unpaired) electrons. The fourth-order valence-electron chi connectivity index (χ4n) is 6.13. The lowest BCUT2D eigenvalue weighted by Crippen LogP contribution is -2.56. The Morgan fingerprint density at radius 1 is 1.13 bits per heavy atom. The van der Waals surface area contributed by atoms with Crippen LogP contribution in [0.1, 0.15) is 52.7 Å². The molecule has 4 atom stereocenters. The molecule has 1 saturated heterocycles. The Labute approximate surface area is 230 Å². The number of benzene rings is 3. The molecule has 7 heteroatoms. The Morgan fingerprint density at radius 2 is 1.85 bits per heavy atom. The number of aromatic hydroxyl groups is 2. The van der Waals surface area contributed by atoms with Gasteiger partial charge >= 0.3 is 0 Å². The van der Waals surface area contributed by atoms with Crippen LogP contribution in [0.4, 0.5) is 4.39 Å². The van der Waals surface area contributed by atoms with Crippen LogP contribution in [-0.2, 0) is 0 Å². The fraction of sp³-hybridized carbons (Fsp3) is 0.406. The van der Waals surface area contributed by atoms with Crippen molar-refractivity contribution in [3.63, 3.8) is 0 Å². The predicted molar refractivity (Wildman–Crippen MR) is 150 cm³/mol. The maximum absolute atomic E-state index is 14.9. The van der Waals surface area contributed by atoms with Crippen molar-refractivity contribution >= 4 is 5.78 Å². The summed E-state index contributed by atoms with van der Waals surface area (Å²) in [6.45, 7) is 6.59. The Bertz CT molecular complexity index is 1320. The number of carbonyl (C=O) groups excluding carboxylic acids is 1. The fourth-order valence-corrected chi connectivity index (χ4v) is 6.13. The summed E-state index contributed by atoms with van der Waals surface area (Å²) in [4.78, 5) is 18.3. The average molecular weight is 534 g/mol. The number of likely N-dealkylation sites (tertiary alicyclic amines) is 1. The number of rotatable bonds is 8. The monoisotopic (exact) mass is 533 g/mol. The highest BCUT2D eigenvalue weighted by Gasteiger charge is 2.45. The van der Waals surface area contributed by atoms with Crippen molar-refractivity contribution in [2.75, 3.05) is 33.7 Å². The van der Waals surface area contributed by atoms with E-state index in [1.54, 1.807) is 51.1 Å². The van der Waals surface area contributed by atoms with Gasteiger partial charge in [-0.1, -0.05) is 36.4 Å². The van der Waals surface area contributed by atoms with E-state index in [0.717, 1.165) is 5.56 Å². The van der Waals surface area contributed by atoms with Gasteiger partial charge in [0.15, 0.2) is 5.78 Å². The Kier molecular flexibility index (Phi) is 8.45. The third kappa shape index (κ3) is 6.16. The number of Topliss-reactive ketones (excluding diaryl/α,β-unsaturated/α-hetero) is 1. The summed E-state index contributed by atoms with van der Waals surface area (Å²) >= 11 is 0. The van der Waals surface area contributed by atoms with E-state index in [1.807, 2.05) is 25.1 Å². The molecule has 0 aliphatic carbocycles. The Hall–Kier alpha value is -3.26.